The van der Waals surface area contributed by atoms with Crippen LogP contribution in [-0.2, 0) is 0 Å². The number of hydrogen-bond donors (Lipinski definition) is 2. The van der Waals surface area contributed by atoms with Crippen molar-refractivity contribution in [2.45, 2.75) is 0 Å². The molecule has 1 aliphatic rings. The molecular weight excluding hydrogens is 358 g/mol. The number of nitrogens with one attached hydrogen (secondary N) is 2. The van der Waals surface area contributed by atoms with E-state index in [0.717, 1.165) is 15.8 Å². The first-order valence-electron chi connectivity index (χ1n) is 7.77. The van der Waals surface area contributed by atoms with E-state index in [9.17, 15) is 9.59 Å². The molecular formula is C18H14ClN3O2S. The number of rotatable bonds is 3. The van der Waals surface area contributed by atoms with E-state index in [0.29, 0.717) is 28.7 Å². The van der Waals surface area contributed by atoms with Gasteiger partial charge in [-0.15, -0.1) is 11.3 Å². The molecule has 3 amide bonds. The van der Waals surface area contributed by atoms with Crippen LogP contribution in [-0.4, -0.2) is 25.0 Å². The van der Waals surface area contributed by atoms with Crippen LogP contribution in [0.25, 0.3) is 10.1 Å². The molecule has 0 bridgehead atoms. The average molecular weight is 372 g/mol. The Labute approximate surface area is 153 Å². The Bertz CT molecular complexity index is 968. The summed E-state index contributed by atoms with van der Waals surface area (Å²) >= 11 is 7.71. The van der Waals surface area contributed by atoms with Gasteiger partial charge in [0.25, 0.3) is 5.91 Å². The minimum atomic E-state index is -0.238. The van der Waals surface area contributed by atoms with Crippen molar-refractivity contribution in [3.63, 3.8) is 0 Å². The first kappa shape index (κ1) is 15.9. The topological polar surface area (TPSA) is 61.4 Å². The number of nitrogens with zero attached hydrogens (tertiary/aromatic N) is 1. The summed E-state index contributed by atoms with van der Waals surface area (Å²) in [5.41, 5.74) is 1.45. The van der Waals surface area contributed by atoms with Crippen molar-refractivity contribution in [3.8, 4) is 0 Å². The summed E-state index contributed by atoms with van der Waals surface area (Å²) in [4.78, 5) is 26.4. The van der Waals surface area contributed by atoms with Crippen LogP contribution in [0.4, 0.5) is 16.2 Å². The lowest BCUT2D eigenvalue weighted by atomic mass is 10.2. The molecule has 0 saturated carbocycles. The molecule has 2 aromatic carbocycles. The molecule has 2 N–H and O–H groups in total. The Hall–Kier alpha value is -2.57. The van der Waals surface area contributed by atoms with Crippen molar-refractivity contribution in [2.75, 3.05) is 23.3 Å². The lowest BCUT2D eigenvalue weighted by molar-refractivity contribution is 0.103. The first-order chi connectivity index (χ1) is 12.1. The van der Waals surface area contributed by atoms with Crippen LogP contribution in [0.5, 0.6) is 0 Å². The molecule has 1 aliphatic heterocycles. The fourth-order valence-corrected chi connectivity index (χ4v) is 4.20. The van der Waals surface area contributed by atoms with Gasteiger partial charge in [0.15, 0.2) is 0 Å². The number of carbonyl (C=O) groups is 2. The van der Waals surface area contributed by atoms with E-state index in [1.165, 1.54) is 11.3 Å². The zero-order valence-electron chi connectivity index (χ0n) is 13.1. The number of anilines is 2. The van der Waals surface area contributed by atoms with Gasteiger partial charge in [0.2, 0.25) is 0 Å². The van der Waals surface area contributed by atoms with Gasteiger partial charge in [-0.25, -0.2) is 4.79 Å². The summed E-state index contributed by atoms with van der Waals surface area (Å²) in [6, 6.07) is 14.7. The zero-order chi connectivity index (χ0) is 17.4. The van der Waals surface area contributed by atoms with E-state index in [-0.39, 0.29) is 11.9 Å². The molecule has 2 heterocycles. The minimum absolute atomic E-state index is 0.103. The van der Waals surface area contributed by atoms with Crippen molar-refractivity contribution in [2.24, 2.45) is 0 Å². The summed E-state index contributed by atoms with van der Waals surface area (Å²) in [5.74, 6) is -0.238. The van der Waals surface area contributed by atoms with E-state index >= 15 is 0 Å². The third kappa shape index (κ3) is 2.94. The largest absolute Gasteiger partial charge is 0.336 e. The highest BCUT2D eigenvalue weighted by Gasteiger charge is 2.21. The second-order valence-corrected chi connectivity index (χ2v) is 7.06. The predicted octanol–water partition coefficient (Wildman–Crippen LogP) is 4.34. The van der Waals surface area contributed by atoms with Gasteiger partial charge in [-0.2, -0.15) is 0 Å². The molecule has 1 saturated heterocycles. The number of carbonyl (C=O) groups excluding carboxylic acids is 2. The van der Waals surface area contributed by atoms with Gasteiger partial charge < -0.3 is 10.6 Å². The predicted molar refractivity (Wildman–Crippen MR) is 102 cm³/mol. The van der Waals surface area contributed by atoms with Crippen LogP contribution in [0.2, 0.25) is 5.02 Å². The van der Waals surface area contributed by atoms with Crippen LogP contribution in [0, 0.1) is 0 Å². The van der Waals surface area contributed by atoms with Crippen molar-refractivity contribution in [1.82, 2.24) is 5.32 Å². The molecule has 0 spiro atoms. The number of amides is 3. The Morgan fingerprint density at radius 3 is 2.60 bits per heavy atom. The van der Waals surface area contributed by atoms with Crippen LogP contribution < -0.4 is 15.5 Å². The highest BCUT2D eigenvalue weighted by molar-refractivity contribution is 7.21. The number of fused-ring (bicyclic) bond motifs is 1. The van der Waals surface area contributed by atoms with Gasteiger partial charge in [-0.05, 0) is 30.3 Å². The normalized spacial score (nSPS) is 14.0. The maximum absolute atomic E-state index is 12.5. The zero-order valence-corrected chi connectivity index (χ0v) is 14.7. The smallest absolute Gasteiger partial charge is 0.321 e. The molecule has 7 heteroatoms. The summed E-state index contributed by atoms with van der Waals surface area (Å²) in [5, 5.41) is 6.98. The van der Waals surface area contributed by atoms with E-state index in [2.05, 4.69) is 10.6 Å². The Kier molecular flexibility index (Phi) is 4.07. The Morgan fingerprint density at radius 1 is 1.16 bits per heavy atom. The van der Waals surface area contributed by atoms with Gasteiger partial charge in [0.1, 0.15) is 4.88 Å². The molecule has 4 rings (SSSR count). The Balaban J connectivity index is 1.54. The minimum Gasteiger partial charge on any atom is -0.336 e. The molecule has 1 aromatic heterocycles. The van der Waals surface area contributed by atoms with Crippen molar-refractivity contribution < 1.29 is 9.59 Å². The molecule has 0 radical (unpaired) electrons. The fraction of sp³-hybridized carbons (Fsp3) is 0.111. The second kappa shape index (κ2) is 6.38. The van der Waals surface area contributed by atoms with Gasteiger partial charge in [-0.1, -0.05) is 29.8 Å². The average Bonchev–Trinajstić information content (AvgIpc) is 3.20. The van der Waals surface area contributed by atoms with E-state index < -0.39 is 0 Å². The van der Waals surface area contributed by atoms with Crippen LogP contribution >= 0.6 is 22.9 Å². The van der Waals surface area contributed by atoms with E-state index in [1.54, 1.807) is 17.0 Å². The van der Waals surface area contributed by atoms with Gasteiger partial charge in [0, 0.05) is 34.6 Å². The van der Waals surface area contributed by atoms with Crippen molar-refractivity contribution in [1.29, 1.82) is 0 Å². The fourth-order valence-electron chi connectivity index (χ4n) is 2.79. The summed E-state index contributed by atoms with van der Waals surface area (Å²) < 4.78 is 0.980. The van der Waals surface area contributed by atoms with Crippen LogP contribution in [0.15, 0.2) is 48.5 Å². The molecule has 5 nitrogen and oxygen atoms in total. The Morgan fingerprint density at radius 2 is 1.92 bits per heavy atom. The maximum Gasteiger partial charge on any atom is 0.321 e. The lowest BCUT2D eigenvalue weighted by Gasteiger charge is -2.14. The quantitative estimate of drug-likeness (QED) is 0.719. The number of hydrogen-bond acceptors (Lipinski definition) is 3. The number of halogens is 1. The van der Waals surface area contributed by atoms with Gasteiger partial charge in [0.05, 0.1) is 5.02 Å². The van der Waals surface area contributed by atoms with Crippen LogP contribution in [0.3, 0.4) is 0 Å². The highest BCUT2D eigenvalue weighted by Crippen LogP contribution is 2.35. The molecule has 1 fully saturated rings. The molecule has 0 aliphatic carbocycles. The summed E-state index contributed by atoms with van der Waals surface area (Å²) in [6.07, 6.45) is 0. The second-order valence-electron chi connectivity index (χ2n) is 5.63. The molecule has 126 valence electrons. The van der Waals surface area contributed by atoms with Crippen LogP contribution in [0.1, 0.15) is 9.67 Å². The SMILES string of the molecule is O=C(Nc1ccc(N2CCNC2=O)cc1)c1sc2ccccc2c1Cl. The summed E-state index contributed by atoms with van der Waals surface area (Å²) in [7, 11) is 0. The molecule has 0 unspecified atom stereocenters. The van der Waals surface area contributed by atoms with Gasteiger partial charge in [-0.3, -0.25) is 9.69 Å². The third-order valence-electron chi connectivity index (χ3n) is 4.03. The summed E-state index contributed by atoms with van der Waals surface area (Å²) in [6.45, 7) is 1.28. The van der Waals surface area contributed by atoms with E-state index in [4.69, 9.17) is 11.6 Å². The maximum atomic E-state index is 12.5. The molecule has 3 aromatic rings. The van der Waals surface area contributed by atoms with Crippen molar-refractivity contribution >= 4 is 56.3 Å². The monoisotopic (exact) mass is 371 g/mol. The first-order valence-corrected chi connectivity index (χ1v) is 8.97. The number of benzene rings is 2. The standard InChI is InChI=1S/C18H14ClN3O2S/c19-15-13-3-1-2-4-14(13)25-16(15)17(23)21-11-5-7-12(8-6-11)22-10-9-20-18(22)24/h1-8H,9-10H2,(H,20,24)(H,21,23). The third-order valence-corrected chi connectivity index (χ3v) is 5.71. The van der Waals surface area contributed by atoms with Gasteiger partial charge >= 0.3 is 6.03 Å². The highest BCUT2D eigenvalue weighted by atomic mass is 35.5. The van der Waals surface area contributed by atoms with Crippen molar-refractivity contribution in [3.05, 3.63) is 58.4 Å². The molecule has 25 heavy (non-hydrogen) atoms. The number of urea groups is 1. The lowest BCUT2D eigenvalue weighted by Crippen LogP contribution is -2.27. The number of thiophene rings is 1. The van der Waals surface area contributed by atoms with E-state index in [1.807, 2.05) is 36.4 Å². The molecule has 0 atom stereocenters.